The van der Waals surface area contributed by atoms with E-state index < -0.39 is 5.97 Å². The van der Waals surface area contributed by atoms with Crippen LogP contribution in [-0.2, 0) is 4.74 Å². The number of halogens is 1. The van der Waals surface area contributed by atoms with Crippen molar-refractivity contribution in [3.8, 4) is 5.75 Å². The quantitative estimate of drug-likeness (QED) is 0.539. The van der Waals surface area contributed by atoms with Gasteiger partial charge in [0.15, 0.2) is 5.11 Å². The van der Waals surface area contributed by atoms with Gasteiger partial charge in [-0.1, -0.05) is 29.3 Å². The molecule has 2 aromatic rings. The molecule has 0 aromatic heterocycles. The van der Waals surface area contributed by atoms with Crippen molar-refractivity contribution in [1.29, 1.82) is 0 Å². The van der Waals surface area contributed by atoms with E-state index in [1.165, 1.54) is 7.11 Å². The number of carbonyl (C=O) groups is 1. The number of carbonyl (C=O) groups excluding carboxylic acids is 1. The van der Waals surface area contributed by atoms with Crippen LogP contribution in [0, 0.1) is 6.92 Å². The maximum atomic E-state index is 11.8. The van der Waals surface area contributed by atoms with Crippen LogP contribution in [0.25, 0.3) is 0 Å². The van der Waals surface area contributed by atoms with Crippen LogP contribution in [0.5, 0.6) is 5.75 Å². The number of hydrogen-bond donors (Lipinski definition) is 2. The zero-order valence-corrected chi connectivity index (χ0v) is 17.8. The van der Waals surface area contributed by atoms with Gasteiger partial charge in [-0.15, -0.1) is 0 Å². The van der Waals surface area contributed by atoms with Gasteiger partial charge in [-0.2, -0.15) is 0 Å². The largest absolute Gasteiger partial charge is 0.487 e. The van der Waals surface area contributed by atoms with Gasteiger partial charge >= 0.3 is 5.97 Å². The molecule has 0 bridgehead atoms. The summed E-state index contributed by atoms with van der Waals surface area (Å²) in [5.41, 5.74) is 2.86. The first-order valence-electron chi connectivity index (χ1n) is 8.93. The second-order valence-corrected chi connectivity index (χ2v) is 8.26. The van der Waals surface area contributed by atoms with Gasteiger partial charge in [-0.3, -0.25) is 0 Å². The second kappa shape index (κ2) is 7.97. The SMILES string of the molecule is COC(=O)c1cc(NC(=S)NC2CC(C)(C)Oc3ccc(C)cc32)ccc1Cl. The number of aryl methyl sites for hydroxylation is 1. The molecule has 1 atom stereocenters. The Bertz CT molecular complexity index is 930. The first-order valence-corrected chi connectivity index (χ1v) is 9.72. The van der Waals surface area contributed by atoms with Gasteiger partial charge in [-0.05, 0) is 57.3 Å². The number of nitrogens with one attached hydrogen (secondary N) is 2. The van der Waals surface area contributed by atoms with Gasteiger partial charge in [-0.25, -0.2) is 4.79 Å². The summed E-state index contributed by atoms with van der Waals surface area (Å²) in [6, 6.07) is 11.2. The molecule has 28 heavy (non-hydrogen) atoms. The number of fused-ring (bicyclic) bond motifs is 1. The van der Waals surface area contributed by atoms with E-state index in [9.17, 15) is 4.79 Å². The minimum Gasteiger partial charge on any atom is -0.487 e. The topological polar surface area (TPSA) is 59.6 Å². The van der Waals surface area contributed by atoms with E-state index in [4.69, 9.17) is 33.3 Å². The fourth-order valence-electron chi connectivity index (χ4n) is 3.30. The summed E-state index contributed by atoms with van der Waals surface area (Å²) in [4.78, 5) is 11.8. The molecule has 7 heteroatoms. The van der Waals surface area contributed by atoms with Crippen molar-refractivity contribution in [2.45, 2.75) is 38.8 Å². The van der Waals surface area contributed by atoms with Crippen LogP contribution in [0.15, 0.2) is 36.4 Å². The van der Waals surface area contributed by atoms with Crippen molar-refractivity contribution in [1.82, 2.24) is 5.32 Å². The van der Waals surface area contributed by atoms with Crippen LogP contribution in [0.4, 0.5) is 5.69 Å². The lowest BCUT2D eigenvalue weighted by atomic mass is 9.89. The van der Waals surface area contributed by atoms with Gasteiger partial charge < -0.3 is 20.1 Å². The van der Waals surface area contributed by atoms with Gasteiger partial charge in [0.05, 0.1) is 23.7 Å². The van der Waals surface area contributed by atoms with Gasteiger partial charge in [0.2, 0.25) is 0 Å². The Morgan fingerprint density at radius 3 is 2.75 bits per heavy atom. The number of methoxy groups -OCH3 is 1. The maximum Gasteiger partial charge on any atom is 0.339 e. The molecule has 1 aliphatic heterocycles. The van der Waals surface area contributed by atoms with Crippen molar-refractivity contribution in [2.24, 2.45) is 0 Å². The molecule has 0 radical (unpaired) electrons. The Kier molecular flexibility index (Phi) is 5.82. The van der Waals surface area contributed by atoms with E-state index in [0.717, 1.165) is 23.3 Å². The fourth-order valence-corrected chi connectivity index (χ4v) is 3.75. The van der Waals surface area contributed by atoms with E-state index >= 15 is 0 Å². The fraction of sp³-hybridized carbons (Fsp3) is 0.333. The van der Waals surface area contributed by atoms with Crippen LogP contribution in [0.3, 0.4) is 0 Å². The molecule has 1 unspecified atom stereocenters. The summed E-state index contributed by atoms with van der Waals surface area (Å²) in [6.45, 7) is 6.17. The number of anilines is 1. The summed E-state index contributed by atoms with van der Waals surface area (Å²) in [6.07, 6.45) is 0.763. The van der Waals surface area contributed by atoms with Crippen LogP contribution in [0.2, 0.25) is 5.02 Å². The zero-order valence-electron chi connectivity index (χ0n) is 16.3. The minimum atomic E-state index is -0.497. The maximum absolute atomic E-state index is 11.8. The van der Waals surface area contributed by atoms with Crippen LogP contribution in [-0.4, -0.2) is 23.8 Å². The van der Waals surface area contributed by atoms with Crippen molar-refractivity contribution in [2.75, 3.05) is 12.4 Å². The molecular formula is C21H23ClN2O3S. The smallest absolute Gasteiger partial charge is 0.339 e. The van der Waals surface area contributed by atoms with Crippen molar-refractivity contribution in [3.63, 3.8) is 0 Å². The molecule has 0 amide bonds. The normalized spacial score (nSPS) is 17.1. The van der Waals surface area contributed by atoms with Gasteiger partial charge in [0, 0.05) is 17.7 Å². The lowest BCUT2D eigenvalue weighted by Gasteiger charge is -2.38. The molecule has 5 nitrogen and oxygen atoms in total. The van der Waals surface area contributed by atoms with Crippen LogP contribution in [0.1, 0.15) is 47.8 Å². The van der Waals surface area contributed by atoms with E-state index in [2.05, 4.69) is 37.5 Å². The van der Waals surface area contributed by atoms with Crippen molar-refractivity contribution < 1.29 is 14.3 Å². The lowest BCUT2D eigenvalue weighted by Crippen LogP contribution is -2.42. The molecule has 1 aliphatic rings. The molecule has 1 heterocycles. The Labute approximate surface area is 175 Å². The predicted octanol–water partition coefficient (Wildman–Crippen LogP) is 5.02. The Balaban J connectivity index is 1.78. The molecular weight excluding hydrogens is 396 g/mol. The first-order chi connectivity index (χ1) is 13.2. The standard InChI is InChI=1S/C21H23ClN2O3S/c1-12-5-8-18-15(9-12)17(11-21(2,3)27-18)24-20(28)23-13-6-7-16(22)14(10-13)19(25)26-4/h5-10,17H,11H2,1-4H3,(H2,23,24,28). The molecule has 148 valence electrons. The first kappa shape index (κ1) is 20.4. The third kappa shape index (κ3) is 4.56. The van der Waals surface area contributed by atoms with Crippen LogP contribution >= 0.6 is 23.8 Å². The lowest BCUT2D eigenvalue weighted by molar-refractivity contribution is 0.0600. The number of esters is 1. The van der Waals surface area contributed by atoms with Gasteiger partial charge in [0.25, 0.3) is 0 Å². The van der Waals surface area contributed by atoms with Gasteiger partial charge in [0.1, 0.15) is 11.4 Å². The molecule has 3 rings (SSSR count). The molecule has 2 N–H and O–H groups in total. The van der Waals surface area contributed by atoms with Crippen LogP contribution < -0.4 is 15.4 Å². The number of thiocarbonyl (C=S) groups is 1. The van der Waals surface area contributed by atoms with E-state index in [0.29, 0.717) is 15.8 Å². The number of rotatable bonds is 3. The number of ether oxygens (including phenoxy) is 2. The molecule has 0 spiro atoms. The molecule has 0 aliphatic carbocycles. The molecule has 0 fully saturated rings. The summed E-state index contributed by atoms with van der Waals surface area (Å²) < 4.78 is 10.9. The third-order valence-corrected chi connectivity index (χ3v) is 5.11. The Morgan fingerprint density at radius 1 is 1.29 bits per heavy atom. The highest BCUT2D eigenvalue weighted by atomic mass is 35.5. The number of benzene rings is 2. The Morgan fingerprint density at radius 2 is 2.04 bits per heavy atom. The van der Waals surface area contributed by atoms with E-state index in [1.807, 2.05) is 12.1 Å². The Hall–Kier alpha value is -2.31. The highest BCUT2D eigenvalue weighted by Crippen LogP contribution is 2.39. The third-order valence-electron chi connectivity index (χ3n) is 4.56. The highest BCUT2D eigenvalue weighted by Gasteiger charge is 2.34. The summed E-state index contributed by atoms with van der Waals surface area (Å²) in [7, 11) is 1.32. The molecule has 0 saturated carbocycles. The average molecular weight is 419 g/mol. The molecule has 0 saturated heterocycles. The number of hydrogen-bond acceptors (Lipinski definition) is 4. The van der Waals surface area contributed by atoms with E-state index in [1.54, 1.807) is 18.2 Å². The summed E-state index contributed by atoms with van der Waals surface area (Å²) in [5.74, 6) is 0.365. The predicted molar refractivity (Wildman–Crippen MR) is 115 cm³/mol. The van der Waals surface area contributed by atoms with Crippen molar-refractivity contribution >= 4 is 40.6 Å². The summed E-state index contributed by atoms with van der Waals surface area (Å²) >= 11 is 11.6. The zero-order chi connectivity index (χ0) is 20.5. The highest BCUT2D eigenvalue weighted by molar-refractivity contribution is 7.80. The summed E-state index contributed by atoms with van der Waals surface area (Å²) in [5, 5.41) is 7.27. The second-order valence-electron chi connectivity index (χ2n) is 7.44. The molecule has 2 aromatic carbocycles. The average Bonchev–Trinajstić information content (AvgIpc) is 2.62. The van der Waals surface area contributed by atoms with E-state index in [-0.39, 0.29) is 17.2 Å². The van der Waals surface area contributed by atoms with Crippen molar-refractivity contribution in [3.05, 3.63) is 58.1 Å². The monoisotopic (exact) mass is 418 g/mol. The minimum absolute atomic E-state index is 0.00558.